The van der Waals surface area contributed by atoms with E-state index in [1.165, 1.54) is 12.1 Å². The van der Waals surface area contributed by atoms with Crippen molar-refractivity contribution in [3.8, 4) is 0 Å². The number of benzene rings is 1. The number of nitrogens with one attached hydrogen (secondary N) is 2. The van der Waals surface area contributed by atoms with Gasteiger partial charge in [0.15, 0.2) is 0 Å². The molecule has 2 amide bonds. The van der Waals surface area contributed by atoms with Crippen LogP contribution in [0.1, 0.15) is 31.4 Å². The van der Waals surface area contributed by atoms with Crippen LogP contribution in [-0.2, 0) is 0 Å². The van der Waals surface area contributed by atoms with Crippen LogP contribution in [0.2, 0.25) is 0 Å². The zero-order valence-corrected chi connectivity index (χ0v) is 12.2. The van der Waals surface area contributed by atoms with E-state index in [0.717, 1.165) is 22.6 Å². The van der Waals surface area contributed by atoms with E-state index in [1.807, 2.05) is 0 Å². The maximum atomic E-state index is 13.3. The van der Waals surface area contributed by atoms with Crippen molar-refractivity contribution < 1.29 is 14.3 Å². The molecule has 0 saturated carbocycles. The lowest BCUT2D eigenvalue weighted by Gasteiger charge is -2.26. The number of thioether (sulfide) groups is 1. The molecule has 0 radical (unpaired) electrons. The number of fused-ring (bicyclic) bond motifs is 1. The second kappa shape index (κ2) is 6.95. The molecule has 4 nitrogen and oxygen atoms in total. The maximum Gasteiger partial charge on any atom is 0.315 e. The van der Waals surface area contributed by atoms with E-state index in [9.17, 15) is 9.18 Å². The van der Waals surface area contributed by atoms with Gasteiger partial charge in [0.25, 0.3) is 0 Å². The minimum Gasteiger partial charge on any atom is -0.393 e. The first-order valence-electron chi connectivity index (χ1n) is 6.71. The van der Waals surface area contributed by atoms with Crippen LogP contribution < -0.4 is 10.6 Å². The van der Waals surface area contributed by atoms with Gasteiger partial charge in [0.2, 0.25) is 0 Å². The van der Waals surface area contributed by atoms with Crippen molar-refractivity contribution in [3.63, 3.8) is 0 Å². The summed E-state index contributed by atoms with van der Waals surface area (Å²) in [6, 6.07) is 4.25. The first kappa shape index (κ1) is 15.1. The van der Waals surface area contributed by atoms with Crippen LogP contribution in [0, 0.1) is 5.82 Å². The topological polar surface area (TPSA) is 61.4 Å². The summed E-state index contributed by atoms with van der Waals surface area (Å²) < 4.78 is 13.3. The molecule has 0 spiro atoms. The summed E-state index contributed by atoms with van der Waals surface area (Å²) >= 11 is 1.68. The third-order valence-electron chi connectivity index (χ3n) is 3.16. The van der Waals surface area contributed by atoms with Crippen molar-refractivity contribution in [1.29, 1.82) is 0 Å². The van der Waals surface area contributed by atoms with Crippen LogP contribution in [-0.4, -0.2) is 29.5 Å². The first-order valence-corrected chi connectivity index (χ1v) is 7.69. The molecular formula is C14H19FN2O2S. The van der Waals surface area contributed by atoms with Crippen LogP contribution in [0.15, 0.2) is 23.1 Å². The number of amides is 2. The highest BCUT2D eigenvalue weighted by Crippen LogP contribution is 2.36. The molecular weight excluding hydrogens is 279 g/mol. The highest BCUT2D eigenvalue weighted by molar-refractivity contribution is 7.99. The van der Waals surface area contributed by atoms with Crippen molar-refractivity contribution in [2.45, 2.75) is 36.8 Å². The third-order valence-corrected chi connectivity index (χ3v) is 4.29. The lowest BCUT2D eigenvalue weighted by atomic mass is 10.0. The van der Waals surface area contributed by atoms with Crippen molar-refractivity contribution in [2.24, 2.45) is 0 Å². The van der Waals surface area contributed by atoms with Gasteiger partial charge in [-0.25, -0.2) is 9.18 Å². The molecule has 0 saturated heterocycles. The Morgan fingerprint density at radius 3 is 3.15 bits per heavy atom. The van der Waals surface area contributed by atoms with E-state index in [2.05, 4.69) is 10.6 Å². The Hall–Kier alpha value is -1.27. The van der Waals surface area contributed by atoms with Gasteiger partial charge in [-0.1, -0.05) is 0 Å². The number of aliphatic hydroxyl groups is 1. The normalized spacial score (nSPS) is 19.1. The fraction of sp³-hybridized carbons (Fsp3) is 0.500. The van der Waals surface area contributed by atoms with E-state index in [-0.39, 0.29) is 17.9 Å². The number of aliphatic hydroxyl groups excluding tert-OH is 1. The highest BCUT2D eigenvalue weighted by Gasteiger charge is 2.22. The molecule has 2 atom stereocenters. The SMILES string of the molecule is CC(O)CCNC(=O)NC1CCSc2ccc(F)cc21. The Morgan fingerprint density at radius 2 is 2.40 bits per heavy atom. The predicted octanol–water partition coefficient (Wildman–Crippen LogP) is 2.43. The minimum atomic E-state index is -0.434. The largest absolute Gasteiger partial charge is 0.393 e. The molecule has 1 aliphatic rings. The zero-order valence-electron chi connectivity index (χ0n) is 11.4. The fourth-order valence-electron chi connectivity index (χ4n) is 2.12. The van der Waals surface area contributed by atoms with Gasteiger partial charge in [-0.15, -0.1) is 11.8 Å². The molecule has 0 aliphatic carbocycles. The monoisotopic (exact) mass is 298 g/mol. The Kier molecular flexibility index (Phi) is 5.25. The van der Waals surface area contributed by atoms with Gasteiger partial charge in [-0.3, -0.25) is 0 Å². The number of carbonyl (C=O) groups excluding carboxylic acids is 1. The molecule has 3 N–H and O–H groups in total. The molecule has 0 aromatic heterocycles. The van der Waals surface area contributed by atoms with Crippen molar-refractivity contribution in [1.82, 2.24) is 10.6 Å². The van der Waals surface area contributed by atoms with Crippen LogP contribution in [0.25, 0.3) is 0 Å². The molecule has 1 aliphatic heterocycles. The van der Waals surface area contributed by atoms with E-state index < -0.39 is 6.10 Å². The van der Waals surface area contributed by atoms with E-state index >= 15 is 0 Å². The molecule has 6 heteroatoms. The van der Waals surface area contributed by atoms with Crippen LogP contribution in [0.3, 0.4) is 0 Å². The standard InChI is InChI=1S/C14H19FN2O2S/c1-9(18)4-6-16-14(19)17-12-5-7-20-13-3-2-10(15)8-11(12)13/h2-3,8-9,12,18H,4-7H2,1H3,(H2,16,17,19). The Morgan fingerprint density at radius 1 is 1.60 bits per heavy atom. The summed E-state index contributed by atoms with van der Waals surface area (Å²) in [5.41, 5.74) is 0.840. The summed E-state index contributed by atoms with van der Waals surface area (Å²) in [7, 11) is 0. The van der Waals surface area contributed by atoms with Gasteiger partial charge in [0.05, 0.1) is 12.1 Å². The number of rotatable bonds is 4. The summed E-state index contributed by atoms with van der Waals surface area (Å²) in [6.45, 7) is 2.10. The summed E-state index contributed by atoms with van der Waals surface area (Å²) in [4.78, 5) is 12.8. The minimum absolute atomic E-state index is 0.159. The van der Waals surface area contributed by atoms with Crippen LogP contribution >= 0.6 is 11.8 Å². The molecule has 2 unspecified atom stereocenters. The van der Waals surface area contributed by atoms with Gasteiger partial charge in [-0.2, -0.15) is 0 Å². The lowest BCUT2D eigenvalue weighted by molar-refractivity contribution is 0.183. The molecule has 20 heavy (non-hydrogen) atoms. The average Bonchev–Trinajstić information content (AvgIpc) is 2.39. The lowest BCUT2D eigenvalue weighted by Crippen LogP contribution is -2.39. The zero-order chi connectivity index (χ0) is 14.5. The van der Waals surface area contributed by atoms with E-state index in [0.29, 0.717) is 13.0 Å². The van der Waals surface area contributed by atoms with Gasteiger partial charge >= 0.3 is 6.03 Å². The van der Waals surface area contributed by atoms with Crippen LogP contribution in [0.5, 0.6) is 0 Å². The van der Waals surface area contributed by atoms with Crippen molar-refractivity contribution in [3.05, 3.63) is 29.6 Å². The smallest absolute Gasteiger partial charge is 0.315 e. The van der Waals surface area contributed by atoms with Crippen molar-refractivity contribution >= 4 is 17.8 Å². The first-order chi connectivity index (χ1) is 9.56. The molecule has 0 bridgehead atoms. The molecule has 1 aromatic rings. The Bertz CT molecular complexity index is 482. The third kappa shape index (κ3) is 4.11. The maximum absolute atomic E-state index is 13.3. The molecule has 0 fully saturated rings. The number of urea groups is 1. The number of carbonyl (C=O) groups is 1. The second-order valence-corrected chi connectivity index (χ2v) is 6.05. The second-order valence-electron chi connectivity index (χ2n) is 4.91. The van der Waals surface area contributed by atoms with Gasteiger partial charge in [-0.05, 0) is 43.5 Å². The van der Waals surface area contributed by atoms with Gasteiger partial charge in [0, 0.05) is 17.2 Å². The summed E-state index contributed by atoms with van der Waals surface area (Å²) in [6.07, 6.45) is 0.862. The van der Waals surface area contributed by atoms with Crippen LogP contribution in [0.4, 0.5) is 9.18 Å². The average molecular weight is 298 g/mol. The Labute approximate surface area is 122 Å². The predicted molar refractivity (Wildman–Crippen MR) is 77.3 cm³/mol. The molecule has 1 heterocycles. The van der Waals surface area contributed by atoms with E-state index in [1.54, 1.807) is 24.8 Å². The van der Waals surface area contributed by atoms with E-state index in [4.69, 9.17) is 5.11 Å². The molecule has 2 rings (SSSR count). The highest BCUT2D eigenvalue weighted by atomic mass is 32.2. The quantitative estimate of drug-likeness (QED) is 0.800. The van der Waals surface area contributed by atoms with Gasteiger partial charge < -0.3 is 15.7 Å². The Balaban J connectivity index is 1.94. The number of halogens is 1. The summed E-state index contributed by atoms with van der Waals surface area (Å²) in [5, 5.41) is 14.7. The fourth-order valence-corrected chi connectivity index (χ4v) is 3.22. The molecule has 110 valence electrons. The van der Waals surface area contributed by atoms with Crippen molar-refractivity contribution in [2.75, 3.05) is 12.3 Å². The number of hydrogen-bond donors (Lipinski definition) is 3. The van der Waals surface area contributed by atoms with Gasteiger partial charge in [0.1, 0.15) is 5.82 Å². The summed E-state index contributed by atoms with van der Waals surface area (Å²) in [5.74, 6) is 0.615. The number of hydrogen-bond acceptors (Lipinski definition) is 3. The molecule has 1 aromatic carbocycles.